The molecule has 82 valence electrons. The molecule has 0 unspecified atom stereocenters. The summed E-state index contributed by atoms with van der Waals surface area (Å²) in [6.45, 7) is 4.52. The monoisotopic (exact) mass is 198 g/mol. The number of carbonyl (C=O) groups is 1. The molecule has 14 heavy (non-hydrogen) atoms. The van der Waals surface area contributed by atoms with Gasteiger partial charge in [0.05, 0.1) is 6.61 Å². The van der Waals surface area contributed by atoms with Crippen LogP contribution in [0.2, 0.25) is 0 Å². The number of allylic oxidation sites excluding steroid dienone is 2. The molecule has 0 rings (SSSR count). The Balaban J connectivity index is 3.21. The summed E-state index contributed by atoms with van der Waals surface area (Å²) in [6, 6.07) is 0. The minimum Gasteiger partial charge on any atom is -0.466 e. The summed E-state index contributed by atoms with van der Waals surface area (Å²) in [4.78, 5) is 10.9. The highest BCUT2D eigenvalue weighted by atomic mass is 16.5. The van der Waals surface area contributed by atoms with Crippen molar-refractivity contribution in [2.24, 2.45) is 0 Å². The van der Waals surface area contributed by atoms with Crippen molar-refractivity contribution in [3.8, 4) is 0 Å². The van der Waals surface area contributed by atoms with Crippen molar-refractivity contribution in [1.29, 1.82) is 0 Å². The molecular weight excluding hydrogens is 176 g/mol. The SMILES string of the molecule is CCCCCC=CCCC(=O)OCC. The largest absolute Gasteiger partial charge is 0.466 e. The lowest BCUT2D eigenvalue weighted by atomic mass is 10.2. The van der Waals surface area contributed by atoms with Gasteiger partial charge in [-0.05, 0) is 26.2 Å². The average Bonchev–Trinajstić information content (AvgIpc) is 2.17. The van der Waals surface area contributed by atoms with Crippen LogP contribution in [0.5, 0.6) is 0 Å². The maximum Gasteiger partial charge on any atom is 0.306 e. The molecule has 0 aliphatic rings. The quantitative estimate of drug-likeness (QED) is 0.339. The zero-order valence-corrected chi connectivity index (χ0v) is 9.42. The first-order valence-corrected chi connectivity index (χ1v) is 5.61. The Morgan fingerprint density at radius 1 is 1.14 bits per heavy atom. The van der Waals surface area contributed by atoms with Gasteiger partial charge in [-0.2, -0.15) is 0 Å². The van der Waals surface area contributed by atoms with Crippen LogP contribution in [0.4, 0.5) is 0 Å². The fourth-order valence-corrected chi connectivity index (χ4v) is 1.18. The predicted molar refractivity (Wildman–Crippen MR) is 59.1 cm³/mol. The van der Waals surface area contributed by atoms with Crippen LogP contribution in [-0.4, -0.2) is 12.6 Å². The van der Waals surface area contributed by atoms with Gasteiger partial charge in [-0.25, -0.2) is 0 Å². The Labute approximate surface area is 87.3 Å². The minimum absolute atomic E-state index is 0.0919. The Hall–Kier alpha value is -0.790. The van der Waals surface area contributed by atoms with Gasteiger partial charge in [0.25, 0.3) is 0 Å². The second-order valence-electron chi connectivity index (χ2n) is 3.31. The number of rotatable bonds is 8. The van der Waals surface area contributed by atoms with Gasteiger partial charge in [-0.3, -0.25) is 4.79 Å². The second kappa shape index (κ2) is 10.3. The van der Waals surface area contributed by atoms with Crippen LogP contribution in [-0.2, 0) is 9.53 Å². The molecule has 2 heteroatoms. The summed E-state index contributed by atoms with van der Waals surface area (Å²) in [7, 11) is 0. The molecule has 0 heterocycles. The standard InChI is InChI=1S/C12H22O2/c1-3-5-6-7-8-9-10-11-12(13)14-4-2/h8-9H,3-7,10-11H2,1-2H3. The highest BCUT2D eigenvalue weighted by Gasteiger charge is 1.97. The number of esters is 1. The van der Waals surface area contributed by atoms with E-state index in [0.29, 0.717) is 13.0 Å². The number of carbonyl (C=O) groups excluding carboxylic acids is 1. The zero-order valence-electron chi connectivity index (χ0n) is 9.42. The molecule has 0 atom stereocenters. The minimum atomic E-state index is -0.0919. The number of ether oxygens (including phenoxy) is 1. The van der Waals surface area contributed by atoms with Gasteiger partial charge >= 0.3 is 5.97 Å². The fourth-order valence-electron chi connectivity index (χ4n) is 1.18. The van der Waals surface area contributed by atoms with Crippen molar-refractivity contribution in [3.05, 3.63) is 12.2 Å². The molecule has 0 aromatic carbocycles. The van der Waals surface area contributed by atoms with Crippen molar-refractivity contribution >= 4 is 5.97 Å². The van der Waals surface area contributed by atoms with Gasteiger partial charge < -0.3 is 4.74 Å². The van der Waals surface area contributed by atoms with Gasteiger partial charge in [0.1, 0.15) is 0 Å². The number of hydrogen-bond acceptors (Lipinski definition) is 2. The second-order valence-corrected chi connectivity index (χ2v) is 3.31. The summed E-state index contributed by atoms with van der Waals surface area (Å²) < 4.78 is 4.81. The molecule has 0 saturated heterocycles. The third-order valence-electron chi connectivity index (χ3n) is 1.96. The highest BCUT2D eigenvalue weighted by molar-refractivity contribution is 5.69. The molecule has 0 fully saturated rings. The van der Waals surface area contributed by atoms with E-state index in [2.05, 4.69) is 19.1 Å². The molecule has 0 bridgehead atoms. The van der Waals surface area contributed by atoms with E-state index >= 15 is 0 Å². The van der Waals surface area contributed by atoms with Gasteiger partial charge in [0.15, 0.2) is 0 Å². The molecule has 0 aliphatic carbocycles. The van der Waals surface area contributed by atoms with Crippen LogP contribution in [0.3, 0.4) is 0 Å². The average molecular weight is 198 g/mol. The van der Waals surface area contributed by atoms with E-state index in [1.807, 2.05) is 6.92 Å². The maximum atomic E-state index is 10.9. The normalized spacial score (nSPS) is 10.7. The Bertz CT molecular complexity index is 162. The summed E-state index contributed by atoms with van der Waals surface area (Å²) in [5.41, 5.74) is 0. The molecule has 0 N–H and O–H groups in total. The third-order valence-corrected chi connectivity index (χ3v) is 1.96. The Morgan fingerprint density at radius 3 is 2.50 bits per heavy atom. The van der Waals surface area contributed by atoms with E-state index in [0.717, 1.165) is 12.8 Å². The predicted octanol–water partition coefficient (Wildman–Crippen LogP) is 3.47. The lowest BCUT2D eigenvalue weighted by molar-refractivity contribution is -0.142. The van der Waals surface area contributed by atoms with Crippen LogP contribution in [0, 0.1) is 0 Å². The lowest BCUT2D eigenvalue weighted by Gasteiger charge is -1.98. The van der Waals surface area contributed by atoms with Crippen LogP contribution in [0.15, 0.2) is 12.2 Å². The molecule has 0 aromatic heterocycles. The number of hydrogen-bond donors (Lipinski definition) is 0. The summed E-state index contributed by atoms with van der Waals surface area (Å²) in [5.74, 6) is -0.0919. The Kier molecular flexibility index (Phi) is 9.71. The van der Waals surface area contributed by atoms with Crippen LogP contribution in [0.25, 0.3) is 0 Å². The Morgan fingerprint density at radius 2 is 1.86 bits per heavy atom. The van der Waals surface area contributed by atoms with Gasteiger partial charge in [0, 0.05) is 6.42 Å². The summed E-state index contributed by atoms with van der Waals surface area (Å²) in [5, 5.41) is 0. The lowest BCUT2D eigenvalue weighted by Crippen LogP contribution is -2.02. The van der Waals surface area contributed by atoms with Crippen molar-refractivity contribution in [3.63, 3.8) is 0 Å². The molecular formula is C12H22O2. The number of unbranched alkanes of at least 4 members (excludes halogenated alkanes) is 3. The maximum absolute atomic E-state index is 10.9. The molecule has 0 amide bonds. The van der Waals surface area contributed by atoms with Crippen molar-refractivity contribution in [2.75, 3.05) is 6.61 Å². The van der Waals surface area contributed by atoms with E-state index in [-0.39, 0.29) is 5.97 Å². The van der Waals surface area contributed by atoms with E-state index in [1.54, 1.807) is 0 Å². The van der Waals surface area contributed by atoms with E-state index < -0.39 is 0 Å². The topological polar surface area (TPSA) is 26.3 Å². The molecule has 0 aromatic rings. The molecule has 0 radical (unpaired) electrons. The molecule has 0 spiro atoms. The van der Waals surface area contributed by atoms with Crippen LogP contribution in [0.1, 0.15) is 52.4 Å². The molecule has 0 aliphatic heterocycles. The first kappa shape index (κ1) is 13.2. The van der Waals surface area contributed by atoms with Gasteiger partial charge in [-0.1, -0.05) is 31.9 Å². The molecule has 2 nitrogen and oxygen atoms in total. The molecule has 0 saturated carbocycles. The van der Waals surface area contributed by atoms with Gasteiger partial charge in [-0.15, -0.1) is 0 Å². The van der Waals surface area contributed by atoms with Crippen molar-refractivity contribution in [1.82, 2.24) is 0 Å². The smallest absolute Gasteiger partial charge is 0.306 e. The summed E-state index contributed by atoms with van der Waals surface area (Å²) >= 11 is 0. The highest BCUT2D eigenvalue weighted by Crippen LogP contribution is 2.01. The zero-order chi connectivity index (χ0) is 10.6. The first-order chi connectivity index (χ1) is 6.81. The third kappa shape index (κ3) is 9.30. The van der Waals surface area contributed by atoms with Crippen LogP contribution < -0.4 is 0 Å². The van der Waals surface area contributed by atoms with E-state index in [9.17, 15) is 4.79 Å². The van der Waals surface area contributed by atoms with Crippen LogP contribution >= 0.6 is 0 Å². The fraction of sp³-hybridized carbons (Fsp3) is 0.750. The van der Waals surface area contributed by atoms with E-state index in [4.69, 9.17) is 4.74 Å². The van der Waals surface area contributed by atoms with E-state index in [1.165, 1.54) is 19.3 Å². The van der Waals surface area contributed by atoms with Crippen molar-refractivity contribution < 1.29 is 9.53 Å². The van der Waals surface area contributed by atoms with Crippen molar-refractivity contribution in [2.45, 2.75) is 52.4 Å². The first-order valence-electron chi connectivity index (χ1n) is 5.61. The van der Waals surface area contributed by atoms with Gasteiger partial charge in [0.2, 0.25) is 0 Å². The summed E-state index contributed by atoms with van der Waals surface area (Å²) in [6.07, 6.45) is 10.5.